The van der Waals surface area contributed by atoms with Crippen molar-refractivity contribution in [1.82, 2.24) is 5.32 Å². The second-order valence-electron chi connectivity index (χ2n) is 6.00. The molecular weight excluding hydrogens is 210 g/mol. The Balaban J connectivity index is 1.64. The number of rotatable bonds is 6. The zero-order chi connectivity index (χ0) is 11.9. The first-order valence-electron chi connectivity index (χ1n) is 7.63. The minimum Gasteiger partial charge on any atom is -0.381 e. The molecule has 1 saturated heterocycles. The summed E-state index contributed by atoms with van der Waals surface area (Å²) in [6, 6.07) is 0.749. The molecule has 1 heterocycles. The van der Waals surface area contributed by atoms with Crippen LogP contribution in [0.2, 0.25) is 0 Å². The maximum atomic E-state index is 5.44. The molecule has 0 aromatic carbocycles. The summed E-state index contributed by atoms with van der Waals surface area (Å²) in [5, 5.41) is 3.53. The minimum absolute atomic E-state index is 0.749. The van der Waals surface area contributed by atoms with E-state index in [0.717, 1.165) is 31.1 Å². The summed E-state index contributed by atoms with van der Waals surface area (Å²) in [4.78, 5) is 0. The molecule has 0 aromatic rings. The fourth-order valence-electron chi connectivity index (χ4n) is 3.50. The van der Waals surface area contributed by atoms with E-state index in [2.05, 4.69) is 12.4 Å². The Morgan fingerprint density at radius 2 is 1.76 bits per heavy atom. The summed E-state index contributed by atoms with van der Waals surface area (Å²) < 4.78 is 5.44. The molecule has 0 amide bonds. The first kappa shape index (κ1) is 13.4. The lowest BCUT2D eigenvalue weighted by Gasteiger charge is -2.27. The Morgan fingerprint density at radius 3 is 2.41 bits per heavy atom. The Bertz CT molecular complexity index is 195. The van der Waals surface area contributed by atoms with Gasteiger partial charge in [-0.1, -0.05) is 25.7 Å². The van der Waals surface area contributed by atoms with E-state index in [0.29, 0.717) is 0 Å². The average Bonchev–Trinajstić information content (AvgIpc) is 2.89. The van der Waals surface area contributed by atoms with Crippen molar-refractivity contribution >= 4 is 0 Å². The molecule has 2 heteroatoms. The molecule has 0 radical (unpaired) electrons. The van der Waals surface area contributed by atoms with Gasteiger partial charge in [-0.05, 0) is 51.0 Å². The van der Waals surface area contributed by atoms with Gasteiger partial charge < -0.3 is 10.1 Å². The summed E-state index contributed by atoms with van der Waals surface area (Å²) in [6.45, 7) is 1.98. The van der Waals surface area contributed by atoms with Crippen molar-refractivity contribution in [1.29, 1.82) is 0 Å². The van der Waals surface area contributed by atoms with Crippen molar-refractivity contribution in [2.45, 2.75) is 63.8 Å². The van der Waals surface area contributed by atoms with Crippen LogP contribution in [0.5, 0.6) is 0 Å². The predicted octanol–water partition coefficient (Wildman–Crippen LogP) is 3.36. The first-order chi connectivity index (χ1) is 8.38. The van der Waals surface area contributed by atoms with Gasteiger partial charge in [0.05, 0.1) is 0 Å². The van der Waals surface area contributed by atoms with Crippen molar-refractivity contribution in [2.24, 2.45) is 11.8 Å². The second-order valence-corrected chi connectivity index (χ2v) is 6.00. The third kappa shape index (κ3) is 4.59. The highest BCUT2D eigenvalue weighted by atomic mass is 16.5. The molecule has 2 fully saturated rings. The van der Waals surface area contributed by atoms with Crippen LogP contribution in [0.1, 0.15) is 57.8 Å². The van der Waals surface area contributed by atoms with E-state index in [1.54, 1.807) is 0 Å². The highest BCUT2D eigenvalue weighted by Crippen LogP contribution is 2.30. The molecule has 1 unspecified atom stereocenters. The molecule has 1 aliphatic carbocycles. The van der Waals surface area contributed by atoms with Gasteiger partial charge in [0, 0.05) is 19.3 Å². The molecule has 0 aromatic heterocycles. The Morgan fingerprint density at radius 1 is 1.06 bits per heavy atom. The van der Waals surface area contributed by atoms with E-state index < -0.39 is 0 Å². The smallest absolute Gasteiger partial charge is 0.0468 e. The Hall–Kier alpha value is -0.0800. The molecule has 100 valence electrons. The summed E-state index contributed by atoms with van der Waals surface area (Å²) in [7, 11) is 2.14. The Labute approximate surface area is 107 Å². The molecule has 0 bridgehead atoms. The number of ether oxygens (including phenoxy) is 1. The van der Waals surface area contributed by atoms with Crippen molar-refractivity contribution in [3.8, 4) is 0 Å². The Kier molecular flexibility index (Phi) is 5.79. The van der Waals surface area contributed by atoms with Gasteiger partial charge in [0.2, 0.25) is 0 Å². The van der Waals surface area contributed by atoms with Crippen LogP contribution < -0.4 is 5.32 Å². The quantitative estimate of drug-likeness (QED) is 0.767. The van der Waals surface area contributed by atoms with Crippen LogP contribution in [-0.4, -0.2) is 26.3 Å². The monoisotopic (exact) mass is 239 g/mol. The van der Waals surface area contributed by atoms with Gasteiger partial charge in [0.15, 0.2) is 0 Å². The number of hydrogen-bond donors (Lipinski definition) is 1. The highest BCUT2D eigenvalue weighted by Gasteiger charge is 2.20. The predicted molar refractivity (Wildman–Crippen MR) is 72.2 cm³/mol. The van der Waals surface area contributed by atoms with E-state index in [-0.39, 0.29) is 0 Å². The normalized spacial score (nSPS) is 25.2. The topological polar surface area (TPSA) is 21.3 Å². The summed E-state index contributed by atoms with van der Waals surface area (Å²) in [6.07, 6.45) is 12.7. The van der Waals surface area contributed by atoms with Crippen LogP contribution in [-0.2, 0) is 4.74 Å². The van der Waals surface area contributed by atoms with E-state index in [4.69, 9.17) is 4.74 Å². The summed E-state index contributed by atoms with van der Waals surface area (Å²) in [5.74, 6) is 1.95. The summed E-state index contributed by atoms with van der Waals surface area (Å²) in [5.41, 5.74) is 0. The van der Waals surface area contributed by atoms with Gasteiger partial charge in [-0.3, -0.25) is 0 Å². The molecule has 2 aliphatic rings. The third-order valence-electron chi connectivity index (χ3n) is 4.77. The van der Waals surface area contributed by atoms with E-state index in [1.165, 1.54) is 57.8 Å². The van der Waals surface area contributed by atoms with Crippen LogP contribution in [0.15, 0.2) is 0 Å². The molecule has 17 heavy (non-hydrogen) atoms. The van der Waals surface area contributed by atoms with Crippen molar-refractivity contribution in [3.63, 3.8) is 0 Å². The third-order valence-corrected chi connectivity index (χ3v) is 4.77. The lowest BCUT2D eigenvalue weighted by molar-refractivity contribution is 0.0602. The van der Waals surface area contributed by atoms with Gasteiger partial charge in [0.1, 0.15) is 0 Å². The van der Waals surface area contributed by atoms with Crippen LogP contribution >= 0.6 is 0 Å². The van der Waals surface area contributed by atoms with Gasteiger partial charge in [-0.2, -0.15) is 0 Å². The maximum Gasteiger partial charge on any atom is 0.0468 e. The van der Waals surface area contributed by atoms with Gasteiger partial charge in [0.25, 0.3) is 0 Å². The summed E-state index contributed by atoms with van der Waals surface area (Å²) >= 11 is 0. The van der Waals surface area contributed by atoms with Crippen LogP contribution in [0, 0.1) is 11.8 Å². The van der Waals surface area contributed by atoms with Crippen LogP contribution in [0.25, 0.3) is 0 Å². The maximum absolute atomic E-state index is 5.44. The van der Waals surface area contributed by atoms with Crippen molar-refractivity contribution in [3.05, 3.63) is 0 Å². The lowest BCUT2D eigenvalue weighted by Crippen LogP contribution is -2.30. The molecule has 1 aliphatic heterocycles. The zero-order valence-electron chi connectivity index (χ0n) is 11.4. The van der Waals surface area contributed by atoms with Gasteiger partial charge in [-0.25, -0.2) is 0 Å². The minimum atomic E-state index is 0.749. The van der Waals surface area contributed by atoms with Crippen LogP contribution in [0.4, 0.5) is 0 Å². The van der Waals surface area contributed by atoms with Gasteiger partial charge >= 0.3 is 0 Å². The number of hydrogen-bond acceptors (Lipinski definition) is 2. The SMILES string of the molecule is CNC(CCC1CCCC1)CC1CCOCC1. The molecule has 1 saturated carbocycles. The molecule has 1 atom stereocenters. The van der Waals surface area contributed by atoms with Crippen molar-refractivity contribution in [2.75, 3.05) is 20.3 Å². The molecule has 2 rings (SSSR count). The lowest BCUT2D eigenvalue weighted by atomic mass is 9.89. The fourth-order valence-corrected chi connectivity index (χ4v) is 3.50. The zero-order valence-corrected chi connectivity index (χ0v) is 11.4. The molecule has 1 N–H and O–H groups in total. The van der Waals surface area contributed by atoms with E-state index in [1.807, 2.05) is 0 Å². The highest BCUT2D eigenvalue weighted by molar-refractivity contribution is 4.75. The van der Waals surface area contributed by atoms with Crippen molar-refractivity contribution < 1.29 is 4.74 Å². The number of nitrogens with one attached hydrogen (secondary N) is 1. The standard InChI is InChI=1S/C15H29NO/c1-16-15(7-6-13-4-2-3-5-13)12-14-8-10-17-11-9-14/h13-16H,2-12H2,1H3. The van der Waals surface area contributed by atoms with Crippen LogP contribution in [0.3, 0.4) is 0 Å². The second kappa shape index (κ2) is 7.38. The van der Waals surface area contributed by atoms with Gasteiger partial charge in [-0.15, -0.1) is 0 Å². The van der Waals surface area contributed by atoms with E-state index in [9.17, 15) is 0 Å². The fraction of sp³-hybridized carbons (Fsp3) is 1.00. The molecular formula is C15H29NO. The largest absolute Gasteiger partial charge is 0.381 e. The van der Waals surface area contributed by atoms with E-state index >= 15 is 0 Å². The molecule has 2 nitrogen and oxygen atoms in total. The average molecular weight is 239 g/mol. The first-order valence-corrected chi connectivity index (χ1v) is 7.63. The molecule has 0 spiro atoms.